The maximum absolute atomic E-state index is 13.0. The van der Waals surface area contributed by atoms with Crippen LogP contribution in [-0.2, 0) is 16.1 Å². The first-order valence-electron chi connectivity index (χ1n) is 10.1. The van der Waals surface area contributed by atoms with Crippen molar-refractivity contribution in [3.05, 3.63) is 98.5 Å². The number of aromatic nitrogens is 2. The minimum absolute atomic E-state index is 0.0428. The van der Waals surface area contributed by atoms with Crippen LogP contribution in [0.4, 0.5) is 5.69 Å². The lowest BCUT2D eigenvalue weighted by atomic mass is 9.95. The SMILES string of the molecule is O=C1C(=O)N(CCCn2ccnc2)C(c2ccc(Br)cc2)/C1=C(/O)c1ccc([N+](=O)[O-])cc1. The first-order valence-corrected chi connectivity index (χ1v) is 10.9. The molecule has 10 heteroatoms. The molecule has 9 nitrogen and oxygen atoms in total. The van der Waals surface area contributed by atoms with Gasteiger partial charge in [0.15, 0.2) is 0 Å². The second kappa shape index (κ2) is 9.37. The summed E-state index contributed by atoms with van der Waals surface area (Å²) in [4.78, 5) is 41.8. The Morgan fingerprint density at radius 2 is 1.79 bits per heavy atom. The summed E-state index contributed by atoms with van der Waals surface area (Å²) in [5.41, 5.74) is 0.706. The first kappa shape index (κ1) is 22.4. The monoisotopic (exact) mass is 510 g/mol. The summed E-state index contributed by atoms with van der Waals surface area (Å²) in [6.07, 6.45) is 5.73. The van der Waals surface area contributed by atoms with Gasteiger partial charge in [-0.25, -0.2) is 4.98 Å². The highest BCUT2D eigenvalue weighted by atomic mass is 79.9. The zero-order chi connectivity index (χ0) is 23.5. The standard InChI is InChI=1S/C23H19BrN4O5/c24-17-6-2-15(3-7-17)20-19(21(29)16-4-8-18(9-5-16)28(32)33)22(30)23(31)27(20)12-1-11-26-13-10-25-14-26/h2-10,13-14,20,29H,1,11-12H2/b21-19-. The third-order valence-corrected chi connectivity index (χ3v) is 5.98. The fourth-order valence-electron chi connectivity index (χ4n) is 3.84. The molecule has 1 atom stereocenters. The highest BCUT2D eigenvalue weighted by Crippen LogP contribution is 2.40. The van der Waals surface area contributed by atoms with E-state index < -0.39 is 22.7 Å². The predicted molar refractivity (Wildman–Crippen MR) is 123 cm³/mol. The van der Waals surface area contributed by atoms with E-state index in [-0.39, 0.29) is 22.6 Å². The Morgan fingerprint density at radius 3 is 2.39 bits per heavy atom. The molecule has 3 aromatic rings. The van der Waals surface area contributed by atoms with Crippen LogP contribution in [0.3, 0.4) is 0 Å². The third kappa shape index (κ3) is 4.56. The van der Waals surface area contributed by atoms with E-state index >= 15 is 0 Å². The first-order chi connectivity index (χ1) is 15.9. The highest BCUT2D eigenvalue weighted by Gasteiger charge is 2.45. The van der Waals surface area contributed by atoms with Crippen LogP contribution in [0.1, 0.15) is 23.6 Å². The number of ketones is 1. The number of Topliss-reactive ketones (excluding diaryl/α,β-unsaturated/α-hetero) is 1. The minimum atomic E-state index is -0.790. The topological polar surface area (TPSA) is 119 Å². The Balaban J connectivity index is 1.72. The average molecular weight is 511 g/mol. The van der Waals surface area contributed by atoms with E-state index in [0.717, 1.165) is 4.47 Å². The number of carbonyl (C=O) groups excluding carboxylic acids is 2. The van der Waals surface area contributed by atoms with Crippen molar-refractivity contribution in [3.8, 4) is 0 Å². The second-order valence-electron chi connectivity index (χ2n) is 7.50. The van der Waals surface area contributed by atoms with Crippen LogP contribution < -0.4 is 0 Å². The Morgan fingerprint density at radius 1 is 1.09 bits per heavy atom. The molecule has 1 aliphatic heterocycles. The van der Waals surface area contributed by atoms with Crippen LogP contribution in [0.25, 0.3) is 5.76 Å². The zero-order valence-electron chi connectivity index (χ0n) is 17.3. The van der Waals surface area contributed by atoms with Gasteiger partial charge in [-0.15, -0.1) is 0 Å². The third-order valence-electron chi connectivity index (χ3n) is 5.45. The van der Waals surface area contributed by atoms with Crippen molar-refractivity contribution >= 4 is 39.1 Å². The fraction of sp³-hybridized carbons (Fsp3) is 0.174. The lowest BCUT2D eigenvalue weighted by molar-refractivity contribution is -0.384. The molecule has 0 bridgehead atoms. The van der Waals surface area contributed by atoms with Gasteiger partial charge in [-0.1, -0.05) is 28.1 Å². The number of rotatable bonds is 7. The summed E-state index contributed by atoms with van der Waals surface area (Å²) >= 11 is 3.38. The highest BCUT2D eigenvalue weighted by molar-refractivity contribution is 9.10. The van der Waals surface area contributed by atoms with Crippen LogP contribution in [0.2, 0.25) is 0 Å². The van der Waals surface area contributed by atoms with Crippen LogP contribution in [0, 0.1) is 10.1 Å². The summed E-state index contributed by atoms with van der Waals surface area (Å²) in [6.45, 7) is 0.902. The van der Waals surface area contributed by atoms with Crippen molar-refractivity contribution in [2.45, 2.75) is 19.0 Å². The molecule has 2 heterocycles. The molecule has 33 heavy (non-hydrogen) atoms. The number of imidazole rings is 1. The lowest BCUT2D eigenvalue weighted by Crippen LogP contribution is -2.31. The smallest absolute Gasteiger partial charge is 0.295 e. The molecule has 0 aliphatic carbocycles. The Hall–Kier alpha value is -3.79. The molecule has 0 radical (unpaired) electrons. The molecule has 1 N–H and O–H groups in total. The molecule has 1 saturated heterocycles. The molecule has 0 spiro atoms. The number of nitro benzene ring substituents is 1. The number of aliphatic hydroxyl groups excluding tert-OH is 1. The number of hydrogen-bond acceptors (Lipinski definition) is 6. The van der Waals surface area contributed by atoms with Gasteiger partial charge in [0.1, 0.15) is 5.76 Å². The number of amides is 1. The number of aliphatic hydroxyl groups is 1. The van der Waals surface area contributed by atoms with Crippen molar-refractivity contribution < 1.29 is 19.6 Å². The molecule has 1 aliphatic rings. The fourth-order valence-corrected chi connectivity index (χ4v) is 4.11. The number of likely N-dealkylation sites (tertiary alicyclic amines) is 1. The number of halogens is 1. The molecule has 168 valence electrons. The summed E-state index contributed by atoms with van der Waals surface area (Å²) in [5.74, 6) is -1.85. The Bertz CT molecular complexity index is 1220. The molecule has 0 saturated carbocycles. The summed E-state index contributed by atoms with van der Waals surface area (Å²) < 4.78 is 2.71. The minimum Gasteiger partial charge on any atom is -0.507 e. The number of aryl methyl sites for hydroxylation is 1. The van der Waals surface area contributed by atoms with Crippen molar-refractivity contribution in [2.24, 2.45) is 0 Å². The lowest BCUT2D eigenvalue weighted by Gasteiger charge is -2.25. The molecule has 1 fully saturated rings. The molecule has 1 unspecified atom stereocenters. The van der Waals surface area contributed by atoms with Crippen molar-refractivity contribution in [1.82, 2.24) is 14.5 Å². The normalized spacial score (nSPS) is 17.5. The number of hydrogen-bond donors (Lipinski definition) is 1. The van der Waals surface area contributed by atoms with Crippen molar-refractivity contribution in [1.29, 1.82) is 0 Å². The second-order valence-corrected chi connectivity index (χ2v) is 8.42. The molecular weight excluding hydrogens is 492 g/mol. The summed E-state index contributed by atoms with van der Waals surface area (Å²) in [6, 6.07) is 11.6. The van der Waals surface area contributed by atoms with E-state index in [1.165, 1.54) is 29.2 Å². The zero-order valence-corrected chi connectivity index (χ0v) is 18.9. The van der Waals surface area contributed by atoms with Crippen LogP contribution in [0.5, 0.6) is 0 Å². The van der Waals surface area contributed by atoms with Crippen LogP contribution in [0.15, 0.2) is 77.3 Å². The number of nitrogens with zero attached hydrogens (tertiary/aromatic N) is 4. The van der Waals surface area contributed by atoms with E-state index in [1.807, 2.05) is 10.8 Å². The van der Waals surface area contributed by atoms with Gasteiger partial charge < -0.3 is 14.6 Å². The Labute approximate surface area is 197 Å². The molecule has 4 rings (SSSR count). The van der Waals surface area contributed by atoms with Gasteiger partial charge in [0.25, 0.3) is 17.4 Å². The predicted octanol–water partition coefficient (Wildman–Crippen LogP) is 4.07. The maximum atomic E-state index is 13.0. The molecule has 1 aromatic heterocycles. The number of nitro groups is 1. The van der Waals surface area contributed by atoms with Crippen LogP contribution in [-0.4, -0.2) is 42.7 Å². The molecular formula is C23H19BrN4O5. The Kier molecular flexibility index (Phi) is 6.36. The van der Waals surface area contributed by atoms with Crippen molar-refractivity contribution in [2.75, 3.05) is 6.54 Å². The van der Waals surface area contributed by atoms with E-state index in [9.17, 15) is 24.8 Å². The van der Waals surface area contributed by atoms with Crippen LogP contribution >= 0.6 is 15.9 Å². The summed E-state index contributed by atoms with van der Waals surface area (Å²) in [7, 11) is 0. The van der Waals surface area contributed by atoms with Gasteiger partial charge in [0, 0.05) is 47.7 Å². The number of non-ortho nitro benzene ring substituents is 1. The molecule has 1 amide bonds. The van der Waals surface area contributed by atoms with E-state index in [0.29, 0.717) is 25.1 Å². The van der Waals surface area contributed by atoms with Crippen molar-refractivity contribution in [3.63, 3.8) is 0 Å². The van der Waals surface area contributed by atoms with Gasteiger partial charge >= 0.3 is 0 Å². The van der Waals surface area contributed by atoms with Gasteiger partial charge in [0.2, 0.25) is 0 Å². The average Bonchev–Trinajstić information content (AvgIpc) is 3.41. The van der Waals surface area contributed by atoms with Gasteiger partial charge in [-0.3, -0.25) is 19.7 Å². The maximum Gasteiger partial charge on any atom is 0.295 e. The van der Waals surface area contributed by atoms with Gasteiger partial charge in [-0.05, 0) is 36.2 Å². The van der Waals surface area contributed by atoms with Gasteiger partial charge in [-0.2, -0.15) is 0 Å². The molecule has 2 aromatic carbocycles. The number of carbonyl (C=O) groups is 2. The van der Waals surface area contributed by atoms with E-state index in [2.05, 4.69) is 20.9 Å². The van der Waals surface area contributed by atoms with E-state index in [1.54, 1.807) is 36.8 Å². The number of benzene rings is 2. The quantitative estimate of drug-likeness (QED) is 0.168. The largest absolute Gasteiger partial charge is 0.507 e. The van der Waals surface area contributed by atoms with Gasteiger partial charge in [0.05, 0.1) is 22.9 Å². The van der Waals surface area contributed by atoms with E-state index in [4.69, 9.17) is 0 Å². The summed E-state index contributed by atoms with van der Waals surface area (Å²) in [5, 5.41) is 21.9.